The summed E-state index contributed by atoms with van der Waals surface area (Å²) in [6.07, 6.45) is 0.934. The van der Waals surface area contributed by atoms with Crippen LogP contribution >= 0.6 is 0 Å². The first-order chi connectivity index (χ1) is 10.1. The van der Waals surface area contributed by atoms with E-state index in [0.717, 1.165) is 30.6 Å². The lowest BCUT2D eigenvalue weighted by Crippen LogP contribution is -2.34. The molecule has 0 aliphatic carbocycles. The number of hydrogen-bond acceptors (Lipinski definition) is 1. The zero-order valence-electron chi connectivity index (χ0n) is 12.1. The summed E-state index contributed by atoms with van der Waals surface area (Å²) in [4.78, 5) is 0. The van der Waals surface area contributed by atoms with Crippen molar-refractivity contribution in [2.24, 2.45) is 0 Å². The number of rotatable bonds is 2. The summed E-state index contributed by atoms with van der Waals surface area (Å²) in [7, 11) is 0. The lowest BCUT2D eigenvalue weighted by atomic mass is 9.77. The van der Waals surface area contributed by atoms with Gasteiger partial charge in [0, 0.05) is 12.5 Å². The molecule has 1 saturated heterocycles. The monoisotopic (exact) mass is 287 g/mol. The second-order valence-electron chi connectivity index (χ2n) is 5.77. The van der Waals surface area contributed by atoms with Crippen LogP contribution in [0, 0.1) is 18.6 Å². The highest BCUT2D eigenvalue weighted by atomic mass is 19.1. The van der Waals surface area contributed by atoms with E-state index in [-0.39, 0.29) is 23.5 Å². The van der Waals surface area contributed by atoms with Crippen molar-refractivity contribution in [2.45, 2.75) is 25.2 Å². The minimum Gasteiger partial charge on any atom is -0.316 e. The summed E-state index contributed by atoms with van der Waals surface area (Å²) < 4.78 is 27.3. The van der Waals surface area contributed by atoms with E-state index in [4.69, 9.17) is 0 Å². The third-order valence-electron chi connectivity index (χ3n) is 4.38. The SMILES string of the molecule is Cc1ccc(C2CCNCC2c2cccc(F)c2)cc1F. The van der Waals surface area contributed by atoms with E-state index in [1.807, 2.05) is 18.2 Å². The van der Waals surface area contributed by atoms with E-state index >= 15 is 0 Å². The van der Waals surface area contributed by atoms with Gasteiger partial charge in [-0.2, -0.15) is 0 Å². The molecule has 2 unspecified atom stereocenters. The van der Waals surface area contributed by atoms with Crippen molar-refractivity contribution in [3.05, 3.63) is 70.8 Å². The molecule has 1 N–H and O–H groups in total. The molecule has 0 radical (unpaired) electrons. The van der Waals surface area contributed by atoms with Gasteiger partial charge in [0.15, 0.2) is 0 Å². The fourth-order valence-electron chi connectivity index (χ4n) is 3.18. The average molecular weight is 287 g/mol. The molecule has 110 valence electrons. The number of hydrogen-bond donors (Lipinski definition) is 1. The van der Waals surface area contributed by atoms with E-state index < -0.39 is 0 Å². The molecule has 1 fully saturated rings. The molecule has 0 spiro atoms. The molecule has 2 atom stereocenters. The molecule has 1 aliphatic heterocycles. The molecule has 1 heterocycles. The van der Waals surface area contributed by atoms with Gasteiger partial charge in [0.1, 0.15) is 11.6 Å². The van der Waals surface area contributed by atoms with Crippen LogP contribution in [0.5, 0.6) is 0 Å². The van der Waals surface area contributed by atoms with E-state index in [9.17, 15) is 8.78 Å². The summed E-state index contributed by atoms with van der Waals surface area (Å²) in [6.45, 7) is 3.47. The zero-order valence-corrected chi connectivity index (χ0v) is 12.1. The lowest BCUT2D eigenvalue weighted by molar-refractivity contribution is 0.401. The molecule has 3 rings (SSSR count). The number of halogens is 2. The van der Waals surface area contributed by atoms with Gasteiger partial charge in [0.2, 0.25) is 0 Å². The average Bonchev–Trinajstić information content (AvgIpc) is 2.50. The number of nitrogens with one attached hydrogen (secondary N) is 1. The Labute approximate surface area is 124 Å². The van der Waals surface area contributed by atoms with Crippen LogP contribution in [-0.4, -0.2) is 13.1 Å². The minimum atomic E-state index is -0.216. The van der Waals surface area contributed by atoms with E-state index in [2.05, 4.69) is 5.32 Å². The molecule has 21 heavy (non-hydrogen) atoms. The maximum atomic E-state index is 13.9. The van der Waals surface area contributed by atoms with Crippen molar-refractivity contribution < 1.29 is 8.78 Å². The normalized spacial score (nSPS) is 22.2. The largest absolute Gasteiger partial charge is 0.316 e. The van der Waals surface area contributed by atoms with E-state index in [1.165, 1.54) is 6.07 Å². The van der Waals surface area contributed by atoms with Gasteiger partial charge in [-0.3, -0.25) is 0 Å². The van der Waals surface area contributed by atoms with Gasteiger partial charge in [-0.25, -0.2) is 8.78 Å². The van der Waals surface area contributed by atoms with E-state index in [0.29, 0.717) is 5.56 Å². The fraction of sp³-hybridized carbons (Fsp3) is 0.333. The maximum absolute atomic E-state index is 13.9. The van der Waals surface area contributed by atoms with Crippen molar-refractivity contribution in [1.29, 1.82) is 0 Å². The van der Waals surface area contributed by atoms with Crippen LogP contribution in [-0.2, 0) is 0 Å². The van der Waals surface area contributed by atoms with Crippen LogP contribution in [0.3, 0.4) is 0 Å². The quantitative estimate of drug-likeness (QED) is 0.875. The van der Waals surface area contributed by atoms with Gasteiger partial charge in [0.25, 0.3) is 0 Å². The molecule has 1 nitrogen and oxygen atoms in total. The van der Waals surface area contributed by atoms with Gasteiger partial charge < -0.3 is 5.32 Å². The third-order valence-corrected chi connectivity index (χ3v) is 4.38. The Balaban J connectivity index is 1.96. The van der Waals surface area contributed by atoms with Crippen LogP contribution in [0.2, 0.25) is 0 Å². The first-order valence-electron chi connectivity index (χ1n) is 7.37. The van der Waals surface area contributed by atoms with Gasteiger partial charge in [-0.1, -0.05) is 24.3 Å². The molecular formula is C18H19F2N. The predicted octanol–water partition coefficient (Wildman–Crippen LogP) is 4.13. The molecule has 2 aromatic rings. The van der Waals surface area contributed by atoms with Crippen LogP contribution in [0.15, 0.2) is 42.5 Å². The molecular weight excluding hydrogens is 268 g/mol. The van der Waals surface area contributed by atoms with Crippen molar-refractivity contribution in [1.82, 2.24) is 5.32 Å². The highest BCUT2D eigenvalue weighted by Crippen LogP contribution is 2.37. The maximum Gasteiger partial charge on any atom is 0.126 e. The van der Waals surface area contributed by atoms with Crippen LogP contribution in [0.4, 0.5) is 8.78 Å². The van der Waals surface area contributed by atoms with Gasteiger partial charge in [0.05, 0.1) is 0 Å². The Morgan fingerprint density at radius 1 is 1.00 bits per heavy atom. The highest BCUT2D eigenvalue weighted by molar-refractivity contribution is 5.32. The Kier molecular flexibility index (Phi) is 4.02. The number of benzene rings is 2. The fourth-order valence-corrected chi connectivity index (χ4v) is 3.18. The first kappa shape index (κ1) is 14.2. The van der Waals surface area contributed by atoms with Crippen molar-refractivity contribution in [3.8, 4) is 0 Å². The van der Waals surface area contributed by atoms with Crippen LogP contribution < -0.4 is 5.32 Å². The predicted molar refractivity (Wildman–Crippen MR) is 80.5 cm³/mol. The first-order valence-corrected chi connectivity index (χ1v) is 7.37. The zero-order chi connectivity index (χ0) is 14.8. The highest BCUT2D eigenvalue weighted by Gasteiger charge is 2.28. The summed E-state index contributed by atoms with van der Waals surface area (Å²) in [5.41, 5.74) is 2.65. The smallest absolute Gasteiger partial charge is 0.126 e. The third kappa shape index (κ3) is 2.98. The van der Waals surface area contributed by atoms with Gasteiger partial charge in [-0.05, 0) is 60.7 Å². The topological polar surface area (TPSA) is 12.0 Å². The van der Waals surface area contributed by atoms with Crippen molar-refractivity contribution >= 4 is 0 Å². The minimum absolute atomic E-state index is 0.163. The van der Waals surface area contributed by atoms with E-state index in [1.54, 1.807) is 25.1 Å². The number of aryl methyl sites for hydroxylation is 1. The summed E-state index contributed by atoms with van der Waals surface area (Å²) in [5.74, 6) is 0.0237. The number of piperidine rings is 1. The van der Waals surface area contributed by atoms with Crippen LogP contribution in [0.1, 0.15) is 34.9 Å². The molecule has 0 saturated carbocycles. The van der Waals surface area contributed by atoms with Crippen molar-refractivity contribution in [3.63, 3.8) is 0 Å². The molecule has 2 aromatic carbocycles. The molecule has 3 heteroatoms. The molecule has 1 aliphatic rings. The standard InChI is InChI=1S/C18H19F2N/c1-12-5-6-14(10-18(12)20)16-7-8-21-11-17(16)13-3-2-4-15(19)9-13/h2-6,9-10,16-17,21H,7-8,11H2,1H3. The van der Waals surface area contributed by atoms with Crippen molar-refractivity contribution in [2.75, 3.05) is 13.1 Å². The molecule has 0 amide bonds. The Bertz CT molecular complexity index is 639. The Morgan fingerprint density at radius 2 is 1.81 bits per heavy atom. The van der Waals surface area contributed by atoms with Crippen LogP contribution in [0.25, 0.3) is 0 Å². The summed E-state index contributed by atoms with van der Waals surface area (Å²) in [5, 5.41) is 3.36. The molecule has 0 bridgehead atoms. The second-order valence-corrected chi connectivity index (χ2v) is 5.77. The van der Waals surface area contributed by atoms with Gasteiger partial charge in [-0.15, -0.1) is 0 Å². The summed E-state index contributed by atoms with van der Waals surface area (Å²) >= 11 is 0. The lowest BCUT2D eigenvalue weighted by Gasteiger charge is -2.33. The Hall–Kier alpha value is -1.74. The van der Waals surface area contributed by atoms with Gasteiger partial charge >= 0.3 is 0 Å². The molecule has 0 aromatic heterocycles. The Morgan fingerprint density at radius 3 is 2.57 bits per heavy atom. The summed E-state index contributed by atoms with van der Waals surface area (Å²) in [6, 6.07) is 12.2. The second kappa shape index (κ2) is 5.94.